The van der Waals surface area contributed by atoms with E-state index in [2.05, 4.69) is 37.4 Å². The number of aromatic nitrogens is 2. The average Bonchev–Trinajstić information content (AvgIpc) is 3.00. The normalized spacial score (nSPS) is 13.6. The molecule has 0 unspecified atom stereocenters. The zero-order chi connectivity index (χ0) is 30.8. The maximum atomic E-state index is 14.5. The number of anilines is 4. The van der Waals surface area contributed by atoms with Crippen LogP contribution >= 0.6 is 0 Å². The van der Waals surface area contributed by atoms with Crippen LogP contribution in [0.25, 0.3) is 0 Å². The Morgan fingerprint density at radius 3 is 2.02 bits per heavy atom. The van der Waals surface area contributed by atoms with Crippen LogP contribution in [0.1, 0.15) is 21.5 Å². The van der Waals surface area contributed by atoms with Gasteiger partial charge in [-0.25, -0.2) is 18.2 Å². The first-order valence-electron chi connectivity index (χ1n) is 13.3. The molecule has 0 spiro atoms. The summed E-state index contributed by atoms with van der Waals surface area (Å²) >= 11 is 0. The van der Waals surface area contributed by atoms with Gasteiger partial charge in [0.2, 0.25) is 46.7 Å². The molecular formula is C30H27F5N6O2. The van der Waals surface area contributed by atoms with Crippen LogP contribution in [-0.4, -0.2) is 54.0 Å². The van der Waals surface area contributed by atoms with E-state index in [0.29, 0.717) is 11.4 Å². The molecule has 0 bridgehead atoms. The Kier molecular flexibility index (Phi) is 8.44. The van der Waals surface area contributed by atoms with E-state index in [1.165, 1.54) is 0 Å². The SMILES string of the molecule is Cc1cccc(C)c1NC(=O)c1cnc(Nc2ccc(N3CCN(C)CC3)cc2)nc1Oc1c(F)c(F)c(F)c(F)c1F. The van der Waals surface area contributed by atoms with E-state index in [1.54, 1.807) is 44.2 Å². The smallest absolute Gasteiger partial charge is 0.262 e. The van der Waals surface area contributed by atoms with Crippen molar-refractivity contribution < 1.29 is 31.5 Å². The van der Waals surface area contributed by atoms with E-state index < -0.39 is 52.2 Å². The fourth-order valence-electron chi connectivity index (χ4n) is 4.57. The molecule has 1 aliphatic heterocycles. The number of aryl methyl sites for hydroxylation is 2. The van der Waals surface area contributed by atoms with Crippen LogP contribution in [0.2, 0.25) is 0 Å². The summed E-state index contributed by atoms with van der Waals surface area (Å²) in [6.07, 6.45) is 1.03. The van der Waals surface area contributed by atoms with Gasteiger partial charge in [-0.3, -0.25) is 4.79 Å². The molecule has 224 valence electrons. The highest BCUT2D eigenvalue weighted by molar-refractivity contribution is 6.06. The van der Waals surface area contributed by atoms with Crippen molar-refractivity contribution in [3.63, 3.8) is 0 Å². The summed E-state index contributed by atoms with van der Waals surface area (Å²) in [4.78, 5) is 25.9. The maximum Gasteiger partial charge on any atom is 0.262 e. The minimum atomic E-state index is -2.35. The minimum Gasteiger partial charge on any atom is -0.432 e. The number of hydrogen-bond donors (Lipinski definition) is 2. The van der Waals surface area contributed by atoms with Crippen LogP contribution in [0.15, 0.2) is 48.7 Å². The van der Waals surface area contributed by atoms with Gasteiger partial charge < -0.3 is 25.2 Å². The fraction of sp³-hybridized carbons (Fsp3) is 0.233. The van der Waals surface area contributed by atoms with Gasteiger partial charge in [0.05, 0.1) is 0 Å². The Balaban J connectivity index is 1.47. The third kappa shape index (κ3) is 6.21. The largest absolute Gasteiger partial charge is 0.432 e. The molecule has 1 amide bonds. The van der Waals surface area contributed by atoms with Crippen molar-refractivity contribution in [1.29, 1.82) is 0 Å². The van der Waals surface area contributed by atoms with Crippen LogP contribution < -0.4 is 20.3 Å². The molecule has 8 nitrogen and oxygen atoms in total. The Morgan fingerprint density at radius 1 is 0.837 bits per heavy atom. The van der Waals surface area contributed by atoms with Gasteiger partial charge in [-0.05, 0) is 56.3 Å². The number of ether oxygens (including phenoxy) is 1. The molecule has 1 aromatic heterocycles. The third-order valence-corrected chi connectivity index (χ3v) is 7.08. The first-order valence-corrected chi connectivity index (χ1v) is 13.3. The first kappa shape index (κ1) is 29.7. The predicted molar refractivity (Wildman–Crippen MR) is 152 cm³/mol. The molecule has 4 aromatic rings. The number of amides is 1. The van der Waals surface area contributed by atoms with Gasteiger partial charge in [0, 0.05) is 49.4 Å². The summed E-state index contributed by atoms with van der Waals surface area (Å²) in [5, 5.41) is 5.57. The fourth-order valence-corrected chi connectivity index (χ4v) is 4.57. The van der Waals surface area contributed by atoms with E-state index in [-0.39, 0.29) is 5.95 Å². The number of nitrogens with zero attached hydrogens (tertiary/aromatic N) is 4. The highest BCUT2D eigenvalue weighted by atomic mass is 19.2. The van der Waals surface area contributed by atoms with Gasteiger partial charge in [-0.2, -0.15) is 13.8 Å². The molecule has 2 N–H and O–H groups in total. The van der Waals surface area contributed by atoms with Crippen LogP contribution in [0, 0.1) is 42.9 Å². The van der Waals surface area contributed by atoms with Gasteiger partial charge in [0.15, 0.2) is 0 Å². The van der Waals surface area contributed by atoms with Gasteiger partial charge in [-0.1, -0.05) is 18.2 Å². The molecule has 1 fully saturated rings. The van der Waals surface area contributed by atoms with E-state index >= 15 is 0 Å². The zero-order valence-corrected chi connectivity index (χ0v) is 23.4. The van der Waals surface area contributed by atoms with Crippen molar-refractivity contribution in [2.75, 3.05) is 48.8 Å². The van der Waals surface area contributed by atoms with Gasteiger partial charge in [0.1, 0.15) is 5.56 Å². The van der Waals surface area contributed by atoms with Gasteiger partial charge >= 0.3 is 0 Å². The third-order valence-electron chi connectivity index (χ3n) is 7.08. The number of para-hydroxylation sites is 1. The molecule has 3 aromatic carbocycles. The Morgan fingerprint density at radius 2 is 1.42 bits per heavy atom. The molecule has 43 heavy (non-hydrogen) atoms. The lowest BCUT2D eigenvalue weighted by molar-refractivity contribution is 0.102. The number of nitrogens with one attached hydrogen (secondary N) is 2. The monoisotopic (exact) mass is 598 g/mol. The Hall–Kier alpha value is -4.78. The summed E-state index contributed by atoms with van der Waals surface area (Å²) in [6.45, 7) is 7.12. The van der Waals surface area contributed by atoms with Crippen molar-refractivity contribution in [1.82, 2.24) is 14.9 Å². The summed E-state index contributed by atoms with van der Waals surface area (Å²) in [7, 11) is 2.06. The number of carbonyl (C=O) groups excluding carboxylic acids is 1. The number of likely N-dealkylation sites (N-methyl/N-ethyl adjacent to an activating group) is 1. The predicted octanol–water partition coefficient (Wildman–Crippen LogP) is 6.33. The highest BCUT2D eigenvalue weighted by Gasteiger charge is 2.29. The quantitative estimate of drug-likeness (QED) is 0.146. The minimum absolute atomic E-state index is 0.158. The van der Waals surface area contributed by atoms with E-state index in [1.807, 2.05) is 12.1 Å². The highest BCUT2D eigenvalue weighted by Crippen LogP contribution is 2.34. The lowest BCUT2D eigenvalue weighted by Gasteiger charge is -2.34. The molecule has 1 aliphatic rings. The van der Waals surface area contributed by atoms with Crippen LogP contribution in [0.5, 0.6) is 11.6 Å². The van der Waals surface area contributed by atoms with Gasteiger partial charge in [0.25, 0.3) is 5.91 Å². The zero-order valence-electron chi connectivity index (χ0n) is 23.4. The van der Waals surface area contributed by atoms with Crippen molar-refractivity contribution in [2.45, 2.75) is 13.8 Å². The lowest BCUT2D eigenvalue weighted by Crippen LogP contribution is -2.44. The molecule has 0 atom stereocenters. The van der Waals surface area contributed by atoms with Crippen molar-refractivity contribution in [3.8, 4) is 11.6 Å². The second kappa shape index (κ2) is 12.2. The number of piperazine rings is 1. The molecule has 0 radical (unpaired) electrons. The molecule has 13 heteroatoms. The summed E-state index contributed by atoms with van der Waals surface area (Å²) in [5.41, 5.74) is 3.02. The topological polar surface area (TPSA) is 82.6 Å². The lowest BCUT2D eigenvalue weighted by atomic mass is 10.1. The number of benzene rings is 3. The van der Waals surface area contributed by atoms with Crippen LogP contribution in [0.4, 0.5) is 45.0 Å². The van der Waals surface area contributed by atoms with Gasteiger partial charge in [-0.15, -0.1) is 0 Å². The van der Waals surface area contributed by atoms with Crippen molar-refractivity contribution >= 4 is 28.9 Å². The first-order chi connectivity index (χ1) is 20.5. The molecule has 5 rings (SSSR count). The van der Waals surface area contributed by atoms with Crippen LogP contribution in [-0.2, 0) is 0 Å². The summed E-state index contributed by atoms with van der Waals surface area (Å²) < 4.78 is 75.7. The molecular weight excluding hydrogens is 571 g/mol. The molecule has 2 heterocycles. The Bertz CT molecular complexity index is 1630. The second-order valence-corrected chi connectivity index (χ2v) is 10.1. The molecule has 0 aliphatic carbocycles. The number of carbonyl (C=O) groups is 1. The molecule has 1 saturated heterocycles. The number of halogens is 5. The molecule has 0 saturated carbocycles. The van der Waals surface area contributed by atoms with Crippen LogP contribution in [0.3, 0.4) is 0 Å². The summed E-state index contributed by atoms with van der Waals surface area (Å²) in [5.74, 6) is -14.5. The second-order valence-electron chi connectivity index (χ2n) is 10.1. The van der Waals surface area contributed by atoms with Crippen molar-refractivity contribution in [2.24, 2.45) is 0 Å². The number of hydrogen-bond acceptors (Lipinski definition) is 7. The van der Waals surface area contributed by atoms with Crippen molar-refractivity contribution in [3.05, 3.63) is 94.4 Å². The number of rotatable bonds is 7. The van der Waals surface area contributed by atoms with E-state index in [4.69, 9.17) is 4.74 Å². The standard InChI is InChI=1S/C30H27F5N6O2/c1-16-5-4-6-17(2)26(16)38-28(42)20-15-36-30(37-18-7-9-19(10-8-18)41-13-11-40(3)12-14-41)39-29(20)43-27-24(34)22(32)21(31)23(33)25(27)35/h4-10,15H,11-14H2,1-3H3,(H,38,42)(H,36,37,39). The summed E-state index contributed by atoms with van der Waals surface area (Å²) in [6, 6.07) is 12.6. The van der Waals surface area contributed by atoms with E-state index in [9.17, 15) is 26.7 Å². The Labute approximate surface area is 244 Å². The average molecular weight is 599 g/mol. The van der Waals surface area contributed by atoms with E-state index in [0.717, 1.165) is 49.2 Å². The maximum absolute atomic E-state index is 14.5.